The molecule has 0 unspecified atom stereocenters. The van der Waals surface area contributed by atoms with Gasteiger partial charge in [0.2, 0.25) is 11.8 Å². The summed E-state index contributed by atoms with van der Waals surface area (Å²) in [7, 11) is 0. The molecule has 38 heavy (non-hydrogen) atoms. The van der Waals surface area contributed by atoms with Gasteiger partial charge >= 0.3 is 12.1 Å². The molecule has 1 aliphatic carbocycles. The number of amides is 3. The first-order valence-electron chi connectivity index (χ1n) is 12.9. The average Bonchev–Trinajstić information content (AvgIpc) is 3.62. The number of halogens is 3. The van der Waals surface area contributed by atoms with E-state index in [0.717, 1.165) is 51.6 Å². The zero-order valence-corrected chi connectivity index (χ0v) is 21.4. The van der Waals surface area contributed by atoms with Gasteiger partial charge < -0.3 is 19.8 Å². The molecule has 5 rings (SSSR count). The molecule has 3 amide bonds. The molecular formula is C26H33F3N4O5. The number of likely N-dealkylation sites (tertiary alicyclic amines) is 3. The Morgan fingerprint density at radius 1 is 0.921 bits per heavy atom. The molecule has 9 nitrogen and oxygen atoms in total. The number of aromatic nitrogens is 1. The van der Waals surface area contributed by atoms with Crippen LogP contribution in [0.1, 0.15) is 55.8 Å². The summed E-state index contributed by atoms with van der Waals surface area (Å²) in [5.41, 5.74) is 0.307. The summed E-state index contributed by atoms with van der Waals surface area (Å²) in [6.45, 7) is 6.02. The molecule has 1 aromatic heterocycles. The number of carbonyl (C=O) groups is 4. The van der Waals surface area contributed by atoms with Crippen molar-refractivity contribution in [2.75, 3.05) is 39.3 Å². The molecule has 4 heterocycles. The van der Waals surface area contributed by atoms with Gasteiger partial charge in [-0.1, -0.05) is 0 Å². The molecule has 0 radical (unpaired) electrons. The Bertz CT molecular complexity index is 1070. The summed E-state index contributed by atoms with van der Waals surface area (Å²) in [5.74, 6) is -2.14. The van der Waals surface area contributed by atoms with Crippen molar-refractivity contribution in [3.8, 4) is 0 Å². The van der Waals surface area contributed by atoms with Crippen molar-refractivity contribution >= 4 is 23.7 Å². The van der Waals surface area contributed by atoms with Crippen molar-refractivity contribution in [3.63, 3.8) is 0 Å². The lowest BCUT2D eigenvalue weighted by Crippen LogP contribution is -2.50. The molecular weight excluding hydrogens is 505 g/mol. The summed E-state index contributed by atoms with van der Waals surface area (Å²) >= 11 is 0. The smallest absolute Gasteiger partial charge is 0.475 e. The van der Waals surface area contributed by atoms with E-state index < -0.39 is 17.6 Å². The fourth-order valence-electron chi connectivity index (χ4n) is 6.82. The SMILES string of the molecule is CC(=O)N1C[C@H]2C3(CCN(C(=O)c4ccncc4)CC3)CC[C@@]2(C(=O)N2CCCC2)C1.O=C(O)C(F)(F)F. The van der Waals surface area contributed by atoms with E-state index in [-0.39, 0.29) is 29.1 Å². The van der Waals surface area contributed by atoms with Crippen LogP contribution in [-0.2, 0) is 14.4 Å². The van der Waals surface area contributed by atoms with Crippen LogP contribution in [0.25, 0.3) is 0 Å². The summed E-state index contributed by atoms with van der Waals surface area (Å²) < 4.78 is 31.7. The van der Waals surface area contributed by atoms with E-state index >= 15 is 0 Å². The Labute approximate surface area is 219 Å². The van der Waals surface area contributed by atoms with Crippen molar-refractivity contribution in [1.82, 2.24) is 19.7 Å². The Morgan fingerprint density at radius 2 is 1.50 bits per heavy atom. The van der Waals surface area contributed by atoms with Crippen LogP contribution >= 0.6 is 0 Å². The molecule has 1 spiro atoms. The lowest BCUT2D eigenvalue weighted by Gasteiger charge is -2.44. The third kappa shape index (κ3) is 5.22. The first-order chi connectivity index (χ1) is 17.9. The molecule has 1 aromatic rings. The van der Waals surface area contributed by atoms with Gasteiger partial charge in [-0.2, -0.15) is 13.2 Å². The van der Waals surface area contributed by atoms with E-state index in [1.807, 2.05) is 9.80 Å². The van der Waals surface area contributed by atoms with E-state index in [4.69, 9.17) is 9.90 Å². The maximum atomic E-state index is 13.7. The third-order valence-corrected chi connectivity index (χ3v) is 8.83. The number of carboxylic acid groups (broad SMARTS) is 1. The van der Waals surface area contributed by atoms with Crippen molar-refractivity contribution < 1.29 is 37.5 Å². The van der Waals surface area contributed by atoms with Crippen LogP contribution in [0.4, 0.5) is 13.2 Å². The number of hydrogen-bond donors (Lipinski definition) is 1. The molecule has 2 atom stereocenters. The fraction of sp³-hybridized carbons (Fsp3) is 0.654. The highest BCUT2D eigenvalue weighted by Gasteiger charge is 2.65. The van der Waals surface area contributed by atoms with Crippen molar-refractivity contribution in [2.45, 2.75) is 51.6 Å². The first-order valence-corrected chi connectivity index (χ1v) is 12.9. The van der Waals surface area contributed by atoms with Crippen molar-refractivity contribution in [2.24, 2.45) is 16.7 Å². The minimum Gasteiger partial charge on any atom is -0.475 e. The molecule has 0 bridgehead atoms. The summed E-state index contributed by atoms with van der Waals surface area (Å²) in [6.07, 6.45) is 4.12. The molecule has 4 fully saturated rings. The van der Waals surface area contributed by atoms with Crippen molar-refractivity contribution in [3.05, 3.63) is 30.1 Å². The minimum atomic E-state index is -5.08. The van der Waals surface area contributed by atoms with Gasteiger partial charge in [0.25, 0.3) is 5.91 Å². The van der Waals surface area contributed by atoms with E-state index in [0.29, 0.717) is 31.7 Å². The highest BCUT2D eigenvalue weighted by Crippen LogP contribution is 2.62. The standard InChI is InChI=1S/C24H32N4O3.C2HF3O2/c1-18(29)28-16-20-23(6-7-24(20,17-28)22(31)27-12-2-3-13-27)8-14-26(15-9-23)21(30)19-4-10-25-11-5-19;3-2(4,5)1(6)7/h4-5,10-11,20H,2-3,6-9,12-17H2,1H3;(H,6,7)/t20-,24+;/m0./s1. The Kier molecular flexibility index (Phi) is 7.72. The van der Waals surface area contributed by atoms with Gasteiger partial charge in [-0.3, -0.25) is 19.4 Å². The van der Waals surface area contributed by atoms with Gasteiger partial charge in [-0.25, -0.2) is 4.79 Å². The third-order valence-electron chi connectivity index (χ3n) is 8.83. The van der Waals surface area contributed by atoms with Crippen molar-refractivity contribution in [1.29, 1.82) is 0 Å². The average molecular weight is 539 g/mol. The Morgan fingerprint density at radius 3 is 2.03 bits per heavy atom. The maximum absolute atomic E-state index is 13.7. The molecule has 3 saturated heterocycles. The molecule has 208 valence electrons. The number of carbonyl (C=O) groups excluding carboxylic acids is 3. The van der Waals surface area contributed by atoms with Crippen LogP contribution in [0.3, 0.4) is 0 Å². The molecule has 1 saturated carbocycles. The second-order valence-electron chi connectivity index (χ2n) is 10.8. The number of hydrogen-bond acceptors (Lipinski definition) is 5. The number of alkyl halides is 3. The van der Waals surface area contributed by atoms with Crippen LogP contribution in [0, 0.1) is 16.7 Å². The largest absolute Gasteiger partial charge is 0.490 e. The van der Waals surface area contributed by atoms with Gasteiger partial charge in [0.05, 0.1) is 5.41 Å². The van der Waals surface area contributed by atoms with Crippen LogP contribution in [0.15, 0.2) is 24.5 Å². The van der Waals surface area contributed by atoms with E-state index in [1.165, 1.54) is 0 Å². The van der Waals surface area contributed by atoms with Crippen LogP contribution < -0.4 is 0 Å². The molecule has 1 N–H and O–H groups in total. The molecule has 0 aromatic carbocycles. The zero-order valence-electron chi connectivity index (χ0n) is 21.4. The molecule has 4 aliphatic rings. The number of pyridine rings is 1. The lowest BCUT2D eigenvalue weighted by atomic mass is 9.65. The van der Waals surface area contributed by atoms with Gasteiger partial charge in [0.1, 0.15) is 0 Å². The Hall–Kier alpha value is -3.18. The maximum Gasteiger partial charge on any atom is 0.490 e. The fourth-order valence-corrected chi connectivity index (χ4v) is 6.82. The normalized spacial score (nSPS) is 26.1. The number of piperidine rings is 1. The predicted molar refractivity (Wildman–Crippen MR) is 129 cm³/mol. The first kappa shape index (κ1) is 27.8. The summed E-state index contributed by atoms with van der Waals surface area (Å²) in [6, 6.07) is 3.54. The zero-order chi connectivity index (χ0) is 27.7. The number of fused-ring (bicyclic) bond motifs is 2. The van der Waals surface area contributed by atoms with Gasteiger partial charge in [-0.15, -0.1) is 0 Å². The summed E-state index contributed by atoms with van der Waals surface area (Å²) in [5, 5.41) is 7.12. The Balaban J connectivity index is 0.000000426. The monoisotopic (exact) mass is 538 g/mol. The van der Waals surface area contributed by atoms with Crippen LogP contribution in [0.2, 0.25) is 0 Å². The van der Waals surface area contributed by atoms with E-state index in [9.17, 15) is 27.6 Å². The minimum absolute atomic E-state index is 0.0502. The van der Waals surface area contributed by atoms with Gasteiger partial charge in [0.15, 0.2) is 0 Å². The molecule has 12 heteroatoms. The van der Waals surface area contributed by atoms with E-state index in [1.54, 1.807) is 31.5 Å². The van der Waals surface area contributed by atoms with E-state index in [2.05, 4.69) is 9.88 Å². The highest BCUT2D eigenvalue weighted by atomic mass is 19.4. The second kappa shape index (κ2) is 10.5. The highest BCUT2D eigenvalue weighted by molar-refractivity contribution is 5.94. The summed E-state index contributed by atoms with van der Waals surface area (Å²) in [4.78, 5) is 57.7. The van der Waals surface area contributed by atoms with Gasteiger partial charge in [-0.05, 0) is 62.0 Å². The number of aliphatic carboxylic acids is 1. The number of nitrogens with zero attached hydrogens (tertiary/aromatic N) is 4. The number of rotatable bonds is 2. The predicted octanol–water partition coefficient (Wildman–Crippen LogP) is 2.82. The van der Waals surface area contributed by atoms with Gasteiger partial charge in [0, 0.05) is 64.1 Å². The second-order valence-corrected chi connectivity index (χ2v) is 10.8. The molecule has 3 aliphatic heterocycles. The van der Waals surface area contributed by atoms with Crippen LogP contribution in [0.5, 0.6) is 0 Å². The topological polar surface area (TPSA) is 111 Å². The lowest BCUT2D eigenvalue weighted by molar-refractivity contribution is -0.192. The van der Waals surface area contributed by atoms with Crippen LogP contribution in [-0.4, -0.2) is 93.9 Å². The quantitative estimate of drug-likeness (QED) is 0.620. The number of carboxylic acids is 1.